The molecule has 2 aromatic carbocycles. The van der Waals surface area contributed by atoms with Crippen LogP contribution in [0.5, 0.6) is 0 Å². The summed E-state index contributed by atoms with van der Waals surface area (Å²) in [7, 11) is 0. The zero-order valence-corrected chi connectivity index (χ0v) is 21.0. The average molecular weight is 476 g/mol. The van der Waals surface area contributed by atoms with Gasteiger partial charge in [-0.05, 0) is 58.9 Å². The third-order valence-corrected chi connectivity index (χ3v) is 6.14. The van der Waals surface area contributed by atoms with Crippen molar-refractivity contribution in [2.45, 2.75) is 46.2 Å². The van der Waals surface area contributed by atoms with Crippen LogP contribution in [0.4, 0.5) is 0 Å². The van der Waals surface area contributed by atoms with Crippen LogP contribution < -0.4 is 5.32 Å². The molecule has 1 aliphatic heterocycles. The summed E-state index contributed by atoms with van der Waals surface area (Å²) in [5.74, 6) is 0.981. The minimum Gasteiger partial charge on any atom is -0.347 e. The van der Waals surface area contributed by atoms with E-state index in [0.29, 0.717) is 49.0 Å². The van der Waals surface area contributed by atoms with Crippen molar-refractivity contribution in [1.82, 2.24) is 25.3 Å². The highest BCUT2D eigenvalue weighted by Gasteiger charge is 2.28. The van der Waals surface area contributed by atoms with Crippen LogP contribution >= 0.6 is 0 Å². The summed E-state index contributed by atoms with van der Waals surface area (Å²) in [6.45, 7) is 12.5. The first-order valence-corrected chi connectivity index (χ1v) is 12.0. The molecule has 1 saturated heterocycles. The largest absolute Gasteiger partial charge is 0.347 e. The van der Waals surface area contributed by atoms with Gasteiger partial charge >= 0.3 is 0 Å². The molecule has 1 unspecified atom stereocenters. The number of piperazine rings is 1. The molecule has 1 fully saturated rings. The number of amides is 2. The second-order valence-electron chi connectivity index (χ2n) is 10.1. The van der Waals surface area contributed by atoms with Gasteiger partial charge in [-0.1, -0.05) is 35.0 Å². The standard InChI is InChI=1S/C27H33N5O3/c1-18-6-8-20(9-7-18)23-28-25(35-30-23)19(2)31-14-16-32(17-15-31)26(34)22-12-10-21(11-13-22)24(33)29-27(3,4)5/h6-13,19H,14-17H2,1-5H3,(H,29,33). The van der Waals surface area contributed by atoms with Crippen LogP contribution in [0, 0.1) is 6.92 Å². The molecule has 1 atom stereocenters. The quantitative estimate of drug-likeness (QED) is 0.598. The van der Waals surface area contributed by atoms with Crippen LogP contribution in [-0.4, -0.2) is 63.5 Å². The topological polar surface area (TPSA) is 91.6 Å². The van der Waals surface area contributed by atoms with E-state index >= 15 is 0 Å². The molecule has 0 radical (unpaired) electrons. The third-order valence-electron chi connectivity index (χ3n) is 6.14. The van der Waals surface area contributed by atoms with Gasteiger partial charge in [0, 0.05) is 48.4 Å². The van der Waals surface area contributed by atoms with E-state index in [1.165, 1.54) is 5.56 Å². The van der Waals surface area contributed by atoms with Crippen molar-refractivity contribution in [3.05, 3.63) is 71.1 Å². The fourth-order valence-corrected chi connectivity index (χ4v) is 4.05. The van der Waals surface area contributed by atoms with Gasteiger partial charge in [-0.3, -0.25) is 14.5 Å². The van der Waals surface area contributed by atoms with E-state index in [2.05, 4.69) is 20.4 Å². The van der Waals surface area contributed by atoms with E-state index in [9.17, 15) is 9.59 Å². The Morgan fingerprint density at radius 1 is 0.943 bits per heavy atom. The van der Waals surface area contributed by atoms with Crippen LogP contribution in [0.25, 0.3) is 11.4 Å². The van der Waals surface area contributed by atoms with Gasteiger partial charge in [-0.25, -0.2) is 0 Å². The van der Waals surface area contributed by atoms with Crippen molar-refractivity contribution >= 4 is 11.8 Å². The maximum atomic E-state index is 13.0. The zero-order chi connectivity index (χ0) is 25.2. The normalized spacial score (nSPS) is 15.6. The van der Waals surface area contributed by atoms with Crippen molar-refractivity contribution in [2.75, 3.05) is 26.2 Å². The van der Waals surface area contributed by atoms with Gasteiger partial charge in [-0.15, -0.1) is 0 Å². The van der Waals surface area contributed by atoms with E-state index < -0.39 is 0 Å². The van der Waals surface area contributed by atoms with Gasteiger partial charge in [0.25, 0.3) is 11.8 Å². The van der Waals surface area contributed by atoms with Crippen LogP contribution in [0.3, 0.4) is 0 Å². The van der Waals surface area contributed by atoms with E-state index in [4.69, 9.17) is 4.52 Å². The molecule has 2 amide bonds. The van der Waals surface area contributed by atoms with Crippen molar-refractivity contribution in [1.29, 1.82) is 0 Å². The summed E-state index contributed by atoms with van der Waals surface area (Å²) >= 11 is 0. The lowest BCUT2D eigenvalue weighted by Crippen LogP contribution is -2.49. The SMILES string of the molecule is Cc1ccc(-c2noc(C(C)N3CCN(C(=O)c4ccc(C(=O)NC(C)(C)C)cc4)CC3)n2)cc1. The van der Waals surface area contributed by atoms with Gasteiger partial charge in [-0.2, -0.15) is 4.98 Å². The number of aromatic nitrogens is 2. The van der Waals surface area contributed by atoms with Gasteiger partial charge < -0.3 is 14.7 Å². The highest BCUT2D eigenvalue weighted by atomic mass is 16.5. The van der Waals surface area contributed by atoms with Gasteiger partial charge in [0.05, 0.1) is 6.04 Å². The van der Waals surface area contributed by atoms with Gasteiger partial charge in [0.15, 0.2) is 0 Å². The number of rotatable bonds is 5. The number of hydrogen-bond acceptors (Lipinski definition) is 6. The highest BCUT2D eigenvalue weighted by Crippen LogP contribution is 2.24. The number of hydrogen-bond donors (Lipinski definition) is 1. The maximum absolute atomic E-state index is 13.0. The molecule has 0 spiro atoms. The summed E-state index contributed by atoms with van der Waals surface area (Å²) in [6.07, 6.45) is 0. The number of carbonyl (C=O) groups is 2. The Labute approximate surface area is 206 Å². The molecule has 4 rings (SSSR count). The van der Waals surface area contributed by atoms with Crippen LogP contribution in [0.1, 0.15) is 65.9 Å². The molecule has 0 aliphatic carbocycles. The molecule has 35 heavy (non-hydrogen) atoms. The van der Waals surface area contributed by atoms with Gasteiger partial charge in [0.2, 0.25) is 11.7 Å². The van der Waals surface area contributed by atoms with Gasteiger partial charge in [0.1, 0.15) is 0 Å². The third kappa shape index (κ3) is 5.95. The fourth-order valence-electron chi connectivity index (χ4n) is 4.05. The highest BCUT2D eigenvalue weighted by molar-refractivity contribution is 5.98. The molecule has 0 bridgehead atoms. The smallest absolute Gasteiger partial charge is 0.253 e. The molecular weight excluding hydrogens is 442 g/mol. The first-order valence-electron chi connectivity index (χ1n) is 12.0. The summed E-state index contributed by atoms with van der Waals surface area (Å²) < 4.78 is 5.55. The van der Waals surface area contributed by atoms with Crippen LogP contribution in [0.15, 0.2) is 53.1 Å². The number of aryl methyl sites for hydroxylation is 1. The fraction of sp³-hybridized carbons (Fsp3) is 0.407. The molecule has 1 aromatic heterocycles. The Kier molecular flexibility index (Phi) is 7.03. The zero-order valence-electron chi connectivity index (χ0n) is 21.0. The lowest BCUT2D eigenvalue weighted by atomic mass is 10.1. The van der Waals surface area contributed by atoms with E-state index in [1.807, 2.05) is 63.8 Å². The first-order chi connectivity index (χ1) is 16.6. The molecule has 2 heterocycles. The second kappa shape index (κ2) is 10.00. The number of nitrogens with zero attached hydrogens (tertiary/aromatic N) is 4. The predicted octanol–water partition coefficient (Wildman–Crippen LogP) is 4.09. The monoisotopic (exact) mass is 475 g/mol. The van der Waals surface area contributed by atoms with Crippen molar-refractivity contribution in [3.8, 4) is 11.4 Å². The minimum absolute atomic E-state index is 0.0282. The Bertz CT molecular complexity index is 1170. The molecule has 8 heteroatoms. The van der Waals surface area contributed by atoms with Crippen LogP contribution in [0.2, 0.25) is 0 Å². The summed E-state index contributed by atoms with van der Waals surface area (Å²) in [5.41, 5.74) is 2.92. The van der Waals surface area contributed by atoms with Crippen LogP contribution in [-0.2, 0) is 0 Å². The summed E-state index contributed by atoms with van der Waals surface area (Å²) in [6, 6.07) is 14.8. The molecule has 1 N–H and O–H groups in total. The van der Waals surface area contributed by atoms with E-state index in [-0.39, 0.29) is 23.4 Å². The maximum Gasteiger partial charge on any atom is 0.253 e. The predicted molar refractivity (Wildman–Crippen MR) is 134 cm³/mol. The Balaban J connectivity index is 1.33. The Hall–Kier alpha value is -3.52. The first kappa shape index (κ1) is 24.6. The summed E-state index contributed by atoms with van der Waals surface area (Å²) in [4.78, 5) is 34.0. The molecule has 8 nitrogen and oxygen atoms in total. The molecular formula is C27H33N5O3. The van der Waals surface area contributed by atoms with E-state index in [0.717, 1.165) is 5.56 Å². The number of benzene rings is 2. The molecule has 3 aromatic rings. The van der Waals surface area contributed by atoms with Crippen molar-refractivity contribution < 1.29 is 14.1 Å². The Morgan fingerprint density at radius 2 is 1.54 bits per heavy atom. The average Bonchev–Trinajstić information content (AvgIpc) is 3.33. The molecule has 1 aliphatic rings. The molecule has 0 saturated carbocycles. The number of nitrogens with one attached hydrogen (secondary N) is 1. The van der Waals surface area contributed by atoms with Crippen molar-refractivity contribution in [3.63, 3.8) is 0 Å². The lowest BCUT2D eigenvalue weighted by Gasteiger charge is -2.36. The lowest BCUT2D eigenvalue weighted by molar-refractivity contribution is 0.0551. The second-order valence-corrected chi connectivity index (χ2v) is 10.1. The molecule has 184 valence electrons. The van der Waals surface area contributed by atoms with Crippen molar-refractivity contribution in [2.24, 2.45) is 0 Å². The Morgan fingerprint density at radius 3 is 2.14 bits per heavy atom. The summed E-state index contributed by atoms with van der Waals surface area (Å²) in [5, 5.41) is 7.08. The minimum atomic E-state index is -0.314. The number of carbonyl (C=O) groups excluding carboxylic acids is 2. The van der Waals surface area contributed by atoms with E-state index in [1.54, 1.807) is 24.3 Å².